The van der Waals surface area contributed by atoms with Crippen molar-refractivity contribution < 1.29 is 9.26 Å². The first-order chi connectivity index (χ1) is 9.72. The number of nitrogens with zero attached hydrogens (tertiary/aromatic N) is 2. The van der Waals surface area contributed by atoms with Crippen molar-refractivity contribution in [2.24, 2.45) is 0 Å². The number of rotatable bonds is 3. The maximum atomic E-state index is 6.15. The smallest absolute Gasteiger partial charge is 0.222 e. The second kappa shape index (κ2) is 5.54. The van der Waals surface area contributed by atoms with Crippen LogP contribution in [0.5, 0.6) is 5.75 Å². The molecule has 2 aromatic rings. The maximum absolute atomic E-state index is 6.15. The number of piperidine rings is 1. The summed E-state index contributed by atoms with van der Waals surface area (Å²) >= 11 is 0. The molecule has 106 valence electrons. The van der Waals surface area contributed by atoms with Gasteiger partial charge in [0.25, 0.3) is 0 Å². The summed E-state index contributed by atoms with van der Waals surface area (Å²) in [5, 5.41) is 3.96. The standard InChI is InChI=1S/C15H19N3O2/c1-18-8-6-11(7-9-18)19-14-5-3-2-4-12(14)13-10-15(16)20-17-13/h2-5,10-11H,6-9,16H2,1H3. The summed E-state index contributed by atoms with van der Waals surface area (Å²) in [4.78, 5) is 2.32. The Bertz CT molecular complexity index is 574. The van der Waals surface area contributed by atoms with Crippen molar-refractivity contribution in [1.82, 2.24) is 10.1 Å². The second-order valence-corrected chi connectivity index (χ2v) is 5.23. The quantitative estimate of drug-likeness (QED) is 0.930. The fourth-order valence-electron chi connectivity index (χ4n) is 2.48. The Balaban J connectivity index is 1.80. The van der Waals surface area contributed by atoms with E-state index in [4.69, 9.17) is 15.0 Å². The van der Waals surface area contributed by atoms with Crippen LogP contribution in [0.3, 0.4) is 0 Å². The molecule has 0 aliphatic carbocycles. The van der Waals surface area contributed by atoms with Gasteiger partial charge in [0, 0.05) is 24.7 Å². The normalized spacial score (nSPS) is 17.2. The Morgan fingerprint density at radius 3 is 2.75 bits per heavy atom. The van der Waals surface area contributed by atoms with Crippen LogP contribution in [0.1, 0.15) is 12.8 Å². The molecule has 5 heteroatoms. The molecule has 2 N–H and O–H groups in total. The van der Waals surface area contributed by atoms with Crippen molar-refractivity contribution in [3.8, 4) is 17.0 Å². The van der Waals surface area contributed by atoms with Gasteiger partial charge in [0.1, 0.15) is 17.5 Å². The summed E-state index contributed by atoms with van der Waals surface area (Å²) in [6.45, 7) is 2.15. The number of hydrogen-bond donors (Lipinski definition) is 1. The SMILES string of the molecule is CN1CCC(Oc2ccccc2-c2cc(N)on2)CC1. The molecule has 0 atom stereocenters. The molecule has 2 heterocycles. The first kappa shape index (κ1) is 13.0. The van der Waals surface area contributed by atoms with E-state index in [1.165, 1.54) is 0 Å². The number of nitrogens with two attached hydrogens (primary N) is 1. The first-order valence-electron chi connectivity index (χ1n) is 6.89. The van der Waals surface area contributed by atoms with E-state index in [0.29, 0.717) is 11.6 Å². The van der Waals surface area contributed by atoms with Gasteiger partial charge in [-0.15, -0.1) is 0 Å². The lowest BCUT2D eigenvalue weighted by Crippen LogP contribution is -2.35. The van der Waals surface area contributed by atoms with Gasteiger partial charge in [0.05, 0.1) is 0 Å². The van der Waals surface area contributed by atoms with Gasteiger partial charge in [0.2, 0.25) is 5.88 Å². The van der Waals surface area contributed by atoms with Crippen LogP contribution < -0.4 is 10.5 Å². The monoisotopic (exact) mass is 273 g/mol. The van der Waals surface area contributed by atoms with Gasteiger partial charge in [-0.3, -0.25) is 0 Å². The molecule has 1 aliphatic rings. The Morgan fingerprint density at radius 2 is 2.05 bits per heavy atom. The molecular formula is C15H19N3O2. The first-order valence-corrected chi connectivity index (χ1v) is 6.89. The third kappa shape index (κ3) is 2.77. The van der Waals surface area contributed by atoms with Gasteiger partial charge in [0.15, 0.2) is 0 Å². The molecule has 0 unspecified atom stereocenters. The summed E-state index contributed by atoms with van der Waals surface area (Å²) < 4.78 is 11.1. The van der Waals surface area contributed by atoms with Crippen molar-refractivity contribution >= 4 is 5.88 Å². The molecule has 1 aromatic heterocycles. The zero-order chi connectivity index (χ0) is 13.9. The van der Waals surface area contributed by atoms with Crippen LogP contribution in [0.4, 0.5) is 5.88 Å². The van der Waals surface area contributed by atoms with Gasteiger partial charge in [-0.25, -0.2) is 0 Å². The molecule has 1 aliphatic heterocycles. The van der Waals surface area contributed by atoms with E-state index in [1.54, 1.807) is 6.07 Å². The topological polar surface area (TPSA) is 64.5 Å². The molecule has 1 fully saturated rings. The van der Waals surface area contributed by atoms with E-state index in [1.807, 2.05) is 24.3 Å². The highest BCUT2D eigenvalue weighted by molar-refractivity contribution is 5.68. The van der Waals surface area contributed by atoms with E-state index in [9.17, 15) is 0 Å². The van der Waals surface area contributed by atoms with E-state index >= 15 is 0 Å². The molecule has 0 spiro atoms. The fraction of sp³-hybridized carbons (Fsp3) is 0.400. The van der Waals surface area contributed by atoms with Gasteiger partial charge in [-0.2, -0.15) is 0 Å². The minimum Gasteiger partial charge on any atom is -0.490 e. The zero-order valence-corrected chi connectivity index (χ0v) is 11.6. The largest absolute Gasteiger partial charge is 0.490 e. The molecule has 1 aromatic carbocycles. The highest BCUT2D eigenvalue weighted by Crippen LogP contribution is 2.31. The Morgan fingerprint density at radius 1 is 1.30 bits per heavy atom. The van der Waals surface area contributed by atoms with Crippen molar-refractivity contribution in [2.75, 3.05) is 25.9 Å². The average molecular weight is 273 g/mol. The number of anilines is 1. The van der Waals surface area contributed by atoms with E-state index in [0.717, 1.165) is 37.2 Å². The number of aromatic nitrogens is 1. The summed E-state index contributed by atoms with van der Waals surface area (Å²) in [7, 11) is 2.14. The summed E-state index contributed by atoms with van der Waals surface area (Å²) in [5.41, 5.74) is 7.23. The van der Waals surface area contributed by atoms with E-state index in [2.05, 4.69) is 17.1 Å². The van der Waals surface area contributed by atoms with Crippen LogP contribution in [0, 0.1) is 0 Å². The molecule has 0 bridgehead atoms. The minimum atomic E-state index is 0.261. The lowest BCUT2D eigenvalue weighted by Gasteiger charge is -2.29. The van der Waals surface area contributed by atoms with Gasteiger partial charge in [-0.05, 0) is 32.0 Å². The predicted octanol–water partition coefficient (Wildman–Crippen LogP) is 2.40. The Labute approximate surface area is 118 Å². The predicted molar refractivity (Wildman–Crippen MR) is 77.5 cm³/mol. The molecule has 0 radical (unpaired) electrons. The number of ether oxygens (including phenoxy) is 1. The lowest BCUT2D eigenvalue weighted by atomic mass is 10.1. The maximum Gasteiger partial charge on any atom is 0.222 e. The lowest BCUT2D eigenvalue weighted by molar-refractivity contribution is 0.115. The molecule has 0 saturated carbocycles. The van der Waals surface area contributed by atoms with Crippen molar-refractivity contribution in [3.05, 3.63) is 30.3 Å². The van der Waals surface area contributed by atoms with Crippen LogP contribution in [0.15, 0.2) is 34.9 Å². The fourth-order valence-corrected chi connectivity index (χ4v) is 2.48. The summed E-state index contributed by atoms with van der Waals surface area (Å²) in [6, 6.07) is 9.59. The average Bonchev–Trinajstić information content (AvgIpc) is 2.88. The third-order valence-corrected chi connectivity index (χ3v) is 3.65. The number of benzene rings is 1. The minimum absolute atomic E-state index is 0.261. The van der Waals surface area contributed by atoms with Crippen molar-refractivity contribution in [2.45, 2.75) is 18.9 Å². The van der Waals surface area contributed by atoms with Gasteiger partial charge < -0.3 is 19.9 Å². The highest BCUT2D eigenvalue weighted by atomic mass is 16.5. The molecule has 0 amide bonds. The van der Waals surface area contributed by atoms with Crippen molar-refractivity contribution in [1.29, 1.82) is 0 Å². The van der Waals surface area contributed by atoms with Crippen LogP contribution in [-0.4, -0.2) is 36.3 Å². The Kier molecular flexibility index (Phi) is 3.60. The van der Waals surface area contributed by atoms with Crippen LogP contribution in [0.2, 0.25) is 0 Å². The molecule has 3 rings (SSSR count). The van der Waals surface area contributed by atoms with Crippen LogP contribution in [0.25, 0.3) is 11.3 Å². The van der Waals surface area contributed by atoms with E-state index in [-0.39, 0.29) is 6.10 Å². The van der Waals surface area contributed by atoms with Gasteiger partial charge in [-0.1, -0.05) is 17.3 Å². The molecule has 1 saturated heterocycles. The molecule has 5 nitrogen and oxygen atoms in total. The van der Waals surface area contributed by atoms with Crippen LogP contribution >= 0.6 is 0 Å². The number of para-hydroxylation sites is 1. The number of likely N-dealkylation sites (tertiary alicyclic amines) is 1. The number of hydrogen-bond acceptors (Lipinski definition) is 5. The Hall–Kier alpha value is -2.01. The number of nitrogen functional groups attached to an aromatic ring is 1. The second-order valence-electron chi connectivity index (χ2n) is 5.23. The van der Waals surface area contributed by atoms with Gasteiger partial charge >= 0.3 is 0 Å². The van der Waals surface area contributed by atoms with Crippen molar-refractivity contribution in [3.63, 3.8) is 0 Å². The molecule has 20 heavy (non-hydrogen) atoms. The molecular weight excluding hydrogens is 254 g/mol. The zero-order valence-electron chi connectivity index (χ0n) is 11.6. The highest BCUT2D eigenvalue weighted by Gasteiger charge is 2.20. The summed E-state index contributed by atoms with van der Waals surface area (Å²) in [5.74, 6) is 1.16. The third-order valence-electron chi connectivity index (χ3n) is 3.65. The summed E-state index contributed by atoms with van der Waals surface area (Å²) in [6.07, 6.45) is 2.36. The van der Waals surface area contributed by atoms with E-state index < -0.39 is 0 Å². The van der Waals surface area contributed by atoms with Crippen LogP contribution in [-0.2, 0) is 0 Å².